The Morgan fingerprint density at radius 1 is 1.03 bits per heavy atom. The third kappa shape index (κ3) is 4.58. The van der Waals surface area contributed by atoms with Crippen molar-refractivity contribution < 1.29 is 9.59 Å². The number of rotatable bonds is 5. The van der Waals surface area contributed by atoms with Gasteiger partial charge in [-0.1, -0.05) is 30.3 Å². The molecule has 8 heteroatoms. The number of aliphatic imine (C=N–C) groups is 1. The van der Waals surface area contributed by atoms with Crippen molar-refractivity contribution in [2.24, 2.45) is 4.99 Å². The molecule has 2 heterocycles. The summed E-state index contributed by atoms with van der Waals surface area (Å²) in [6.07, 6.45) is 1.02. The van der Waals surface area contributed by atoms with E-state index in [2.05, 4.69) is 44.8 Å². The zero-order valence-corrected chi connectivity index (χ0v) is 19.2. The Morgan fingerprint density at radius 2 is 1.67 bits per heavy atom. The Kier molecular flexibility index (Phi) is 7.30. The first-order valence-electron chi connectivity index (χ1n) is 9.90. The summed E-state index contributed by atoms with van der Waals surface area (Å²) in [7, 11) is 1.72. The van der Waals surface area contributed by atoms with Gasteiger partial charge >= 0.3 is 0 Å². The number of carbonyl (C=O) groups excluding carboxylic acids is 2. The van der Waals surface area contributed by atoms with Gasteiger partial charge in [0.1, 0.15) is 0 Å². The van der Waals surface area contributed by atoms with E-state index < -0.39 is 0 Å². The third-order valence-electron chi connectivity index (χ3n) is 5.38. The van der Waals surface area contributed by atoms with Crippen LogP contribution in [0.5, 0.6) is 0 Å². The highest BCUT2D eigenvalue weighted by Gasteiger charge is 2.34. The van der Waals surface area contributed by atoms with Crippen molar-refractivity contribution in [1.82, 2.24) is 15.5 Å². The van der Waals surface area contributed by atoms with Crippen LogP contribution in [0, 0.1) is 0 Å². The number of carbonyl (C=O) groups is 2. The van der Waals surface area contributed by atoms with Crippen LogP contribution < -0.4 is 15.5 Å². The molecule has 2 amide bonds. The van der Waals surface area contributed by atoms with E-state index in [0.717, 1.165) is 19.5 Å². The third-order valence-corrected chi connectivity index (χ3v) is 5.38. The number of anilines is 1. The molecule has 30 heavy (non-hydrogen) atoms. The van der Waals surface area contributed by atoms with Gasteiger partial charge in [0.2, 0.25) is 0 Å². The SMILES string of the molecule is CN=C(NCCN1C(=O)c2ccccc2C1=O)NC1CCN(c2ccccc2)C1.I. The fourth-order valence-electron chi connectivity index (χ4n) is 3.87. The highest BCUT2D eigenvalue weighted by molar-refractivity contribution is 14.0. The molecule has 0 radical (unpaired) electrons. The Bertz CT molecular complexity index is 899. The summed E-state index contributed by atoms with van der Waals surface area (Å²) in [4.78, 5) is 32.8. The molecule has 1 atom stereocenters. The zero-order chi connectivity index (χ0) is 20.2. The Balaban J connectivity index is 0.00000256. The van der Waals surface area contributed by atoms with Gasteiger partial charge in [0, 0.05) is 45.0 Å². The van der Waals surface area contributed by atoms with Crippen LogP contribution in [-0.4, -0.2) is 61.9 Å². The van der Waals surface area contributed by atoms with Crippen molar-refractivity contribution >= 4 is 47.4 Å². The molecule has 2 aromatic carbocycles. The number of nitrogens with zero attached hydrogens (tertiary/aromatic N) is 3. The number of nitrogens with one attached hydrogen (secondary N) is 2. The number of fused-ring (bicyclic) bond motifs is 1. The standard InChI is InChI=1S/C22H25N5O2.HI/c1-23-22(25-16-11-13-26(15-16)17-7-3-2-4-8-17)24-12-14-27-20(28)18-9-5-6-10-19(18)21(27)29;/h2-10,16H,11-15H2,1H3,(H2,23,24,25);1H. The minimum absolute atomic E-state index is 0. The van der Waals surface area contributed by atoms with E-state index in [4.69, 9.17) is 0 Å². The van der Waals surface area contributed by atoms with Crippen LogP contribution in [0.4, 0.5) is 5.69 Å². The molecule has 1 unspecified atom stereocenters. The Labute approximate surface area is 193 Å². The van der Waals surface area contributed by atoms with Crippen LogP contribution >= 0.6 is 24.0 Å². The molecule has 0 saturated carbocycles. The van der Waals surface area contributed by atoms with Crippen LogP contribution in [0.15, 0.2) is 59.6 Å². The van der Waals surface area contributed by atoms with Gasteiger partial charge < -0.3 is 15.5 Å². The molecule has 2 N–H and O–H groups in total. The van der Waals surface area contributed by atoms with Crippen molar-refractivity contribution in [2.45, 2.75) is 12.5 Å². The fourth-order valence-corrected chi connectivity index (χ4v) is 3.87. The highest BCUT2D eigenvalue weighted by atomic mass is 127. The van der Waals surface area contributed by atoms with Crippen molar-refractivity contribution in [3.05, 3.63) is 65.7 Å². The molecule has 4 rings (SSSR count). The predicted molar refractivity (Wildman–Crippen MR) is 129 cm³/mol. The van der Waals surface area contributed by atoms with Crippen molar-refractivity contribution in [3.8, 4) is 0 Å². The van der Waals surface area contributed by atoms with Crippen LogP contribution in [0.3, 0.4) is 0 Å². The second-order valence-corrected chi connectivity index (χ2v) is 7.22. The molecule has 2 aromatic rings. The van der Waals surface area contributed by atoms with E-state index in [-0.39, 0.29) is 35.8 Å². The van der Waals surface area contributed by atoms with Crippen molar-refractivity contribution in [1.29, 1.82) is 0 Å². The van der Waals surface area contributed by atoms with Crippen LogP contribution in [0.2, 0.25) is 0 Å². The summed E-state index contributed by atoms with van der Waals surface area (Å²) >= 11 is 0. The van der Waals surface area contributed by atoms with Gasteiger partial charge in [-0.2, -0.15) is 0 Å². The van der Waals surface area contributed by atoms with Gasteiger partial charge in [-0.15, -0.1) is 24.0 Å². The van der Waals surface area contributed by atoms with Crippen LogP contribution in [-0.2, 0) is 0 Å². The quantitative estimate of drug-likeness (QED) is 0.275. The summed E-state index contributed by atoms with van der Waals surface area (Å²) in [5, 5.41) is 6.66. The summed E-state index contributed by atoms with van der Waals surface area (Å²) in [5.74, 6) is 0.218. The maximum atomic E-state index is 12.4. The Morgan fingerprint density at radius 3 is 2.30 bits per heavy atom. The lowest BCUT2D eigenvalue weighted by atomic mass is 10.1. The molecular formula is C22H26IN5O2. The summed E-state index contributed by atoms with van der Waals surface area (Å²) in [5.41, 5.74) is 2.18. The first kappa shape index (κ1) is 22.1. The van der Waals surface area contributed by atoms with Crippen molar-refractivity contribution in [2.75, 3.05) is 38.1 Å². The maximum Gasteiger partial charge on any atom is 0.261 e. The lowest BCUT2D eigenvalue weighted by Crippen LogP contribution is -2.47. The first-order valence-corrected chi connectivity index (χ1v) is 9.90. The van der Waals surface area contributed by atoms with E-state index >= 15 is 0 Å². The van der Waals surface area contributed by atoms with E-state index in [1.165, 1.54) is 10.6 Å². The average Bonchev–Trinajstić information content (AvgIpc) is 3.32. The van der Waals surface area contributed by atoms with E-state index in [9.17, 15) is 9.59 Å². The second kappa shape index (κ2) is 9.92. The summed E-state index contributed by atoms with van der Waals surface area (Å²) in [6, 6.07) is 17.6. The van der Waals surface area contributed by atoms with Gasteiger partial charge in [-0.05, 0) is 30.7 Å². The van der Waals surface area contributed by atoms with E-state index in [1.54, 1.807) is 31.3 Å². The van der Waals surface area contributed by atoms with Gasteiger partial charge in [0.25, 0.3) is 11.8 Å². The van der Waals surface area contributed by atoms with E-state index in [0.29, 0.717) is 36.2 Å². The lowest BCUT2D eigenvalue weighted by molar-refractivity contribution is 0.0657. The number of amides is 2. The van der Waals surface area contributed by atoms with E-state index in [1.807, 2.05) is 6.07 Å². The fraction of sp³-hybridized carbons (Fsp3) is 0.318. The maximum absolute atomic E-state index is 12.4. The Hall–Kier alpha value is -2.62. The van der Waals surface area contributed by atoms with Crippen molar-refractivity contribution in [3.63, 3.8) is 0 Å². The smallest absolute Gasteiger partial charge is 0.261 e. The van der Waals surface area contributed by atoms with Gasteiger partial charge in [0.15, 0.2) is 5.96 Å². The number of hydrogen-bond donors (Lipinski definition) is 2. The molecule has 0 spiro atoms. The minimum Gasteiger partial charge on any atom is -0.369 e. The number of imide groups is 1. The number of guanidine groups is 1. The van der Waals surface area contributed by atoms with Crippen LogP contribution in [0.25, 0.3) is 0 Å². The largest absolute Gasteiger partial charge is 0.369 e. The topological polar surface area (TPSA) is 77.0 Å². The molecular weight excluding hydrogens is 493 g/mol. The average molecular weight is 519 g/mol. The molecule has 0 bridgehead atoms. The minimum atomic E-state index is -0.232. The zero-order valence-electron chi connectivity index (χ0n) is 16.9. The highest BCUT2D eigenvalue weighted by Crippen LogP contribution is 2.22. The molecule has 0 aromatic heterocycles. The number of hydrogen-bond acceptors (Lipinski definition) is 4. The number of halogens is 1. The van der Waals surface area contributed by atoms with Gasteiger partial charge in [-0.3, -0.25) is 19.5 Å². The predicted octanol–water partition coefficient (Wildman–Crippen LogP) is 2.34. The van der Waals surface area contributed by atoms with Gasteiger partial charge in [0.05, 0.1) is 11.1 Å². The number of benzene rings is 2. The second-order valence-electron chi connectivity index (χ2n) is 7.22. The van der Waals surface area contributed by atoms with Crippen LogP contribution in [0.1, 0.15) is 27.1 Å². The molecule has 7 nitrogen and oxygen atoms in total. The number of para-hydroxylation sites is 1. The molecule has 1 saturated heterocycles. The summed E-state index contributed by atoms with van der Waals surface area (Å²) in [6.45, 7) is 2.64. The molecule has 158 valence electrons. The molecule has 2 aliphatic rings. The normalized spacial score (nSPS) is 18.3. The lowest BCUT2D eigenvalue weighted by Gasteiger charge is -2.21. The molecule has 1 fully saturated rings. The van der Waals surface area contributed by atoms with Gasteiger partial charge in [-0.25, -0.2) is 0 Å². The first-order chi connectivity index (χ1) is 14.2. The summed E-state index contributed by atoms with van der Waals surface area (Å²) < 4.78 is 0. The molecule has 0 aliphatic carbocycles. The monoisotopic (exact) mass is 519 g/mol. The molecule has 2 aliphatic heterocycles.